The number of carbonyl (C=O) groups is 1. The van der Waals surface area contributed by atoms with E-state index in [9.17, 15) is 22.4 Å². The highest BCUT2D eigenvalue weighted by Crippen LogP contribution is 2.31. The molecule has 0 radical (unpaired) electrons. The van der Waals surface area contributed by atoms with Crippen LogP contribution in [0.15, 0.2) is 41.5 Å². The van der Waals surface area contributed by atoms with Crippen LogP contribution in [-0.4, -0.2) is 29.1 Å². The molecule has 0 fully saturated rings. The number of hydrogen-bond donors (Lipinski definition) is 3. The number of aliphatic imine (C=N–C) groups is 1. The molecule has 1 amide bonds. The molecule has 0 saturated heterocycles. The summed E-state index contributed by atoms with van der Waals surface area (Å²) in [5, 5.41) is 12.0. The maximum Gasteiger partial charge on any atom is 0.416 e. The number of anilines is 1. The van der Waals surface area contributed by atoms with E-state index in [-0.39, 0.29) is 22.2 Å². The molecule has 0 aliphatic rings. The lowest BCUT2D eigenvalue weighted by Gasteiger charge is -2.18. The van der Waals surface area contributed by atoms with Gasteiger partial charge in [-0.3, -0.25) is 10.2 Å². The Hall–Kier alpha value is -3.01. The highest BCUT2D eigenvalue weighted by Gasteiger charge is 2.32. The second-order valence-electron chi connectivity index (χ2n) is 5.55. The molecule has 0 unspecified atom stereocenters. The maximum atomic E-state index is 12.9. The van der Waals surface area contributed by atoms with E-state index in [2.05, 4.69) is 20.6 Å². The second-order valence-corrected chi connectivity index (χ2v) is 5.99. The van der Waals surface area contributed by atoms with Crippen LogP contribution in [0.25, 0.3) is 0 Å². The Balaban J connectivity index is 2.19. The van der Waals surface area contributed by atoms with Crippen LogP contribution in [0.5, 0.6) is 0 Å². The van der Waals surface area contributed by atoms with E-state index in [1.54, 1.807) is 0 Å². The van der Waals surface area contributed by atoms with Gasteiger partial charge in [-0.05, 0) is 37.3 Å². The van der Waals surface area contributed by atoms with Crippen molar-refractivity contribution in [2.75, 3.05) is 5.32 Å². The van der Waals surface area contributed by atoms with Gasteiger partial charge in [-0.1, -0.05) is 11.6 Å². The Morgan fingerprint density at radius 2 is 2.04 bits per heavy atom. The highest BCUT2D eigenvalue weighted by atomic mass is 35.5. The molecule has 2 rings (SSSR count). The fourth-order valence-corrected chi connectivity index (χ4v) is 2.37. The first-order valence-electron chi connectivity index (χ1n) is 7.74. The number of carbonyl (C=O) groups excluding carboxylic acids is 1. The fourth-order valence-electron chi connectivity index (χ4n) is 2.14. The number of amides is 1. The number of benzene rings is 1. The molecule has 148 valence electrons. The van der Waals surface area contributed by atoms with Crippen molar-refractivity contribution in [1.29, 1.82) is 5.41 Å². The van der Waals surface area contributed by atoms with Gasteiger partial charge in [0, 0.05) is 10.6 Å². The molecular formula is C17H14ClF4N5O. The van der Waals surface area contributed by atoms with Crippen molar-refractivity contribution in [2.24, 2.45) is 4.99 Å². The van der Waals surface area contributed by atoms with Crippen molar-refractivity contribution in [2.45, 2.75) is 19.1 Å². The normalized spacial score (nSPS) is 13.0. The molecule has 1 aromatic carbocycles. The number of halogens is 5. The number of rotatable bonds is 5. The molecule has 1 atom stereocenters. The lowest BCUT2D eigenvalue weighted by atomic mass is 10.1. The average Bonchev–Trinajstić information content (AvgIpc) is 2.61. The van der Waals surface area contributed by atoms with Crippen LogP contribution in [0.1, 0.15) is 22.8 Å². The van der Waals surface area contributed by atoms with Gasteiger partial charge in [0.15, 0.2) is 0 Å². The van der Waals surface area contributed by atoms with Gasteiger partial charge in [0.25, 0.3) is 5.91 Å². The van der Waals surface area contributed by atoms with E-state index in [1.165, 1.54) is 13.0 Å². The average molecular weight is 416 g/mol. The summed E-state index contributed by atoms with van der Waals surface area (Å²) in [6.07, 6.45) is -3.00. The maximum absolute atomic E-state index is 12.9. The zero-order valence-corrected chi connectivity index (χ0v) is 15.1. The zero-order chi connectivity index (χ0) is 20.9. The lowest BCUT2D eigenvalue weighted by Crippen LogP contribution is -2.42. The molecule has 0 aliphatic carbocycles. The molecular weight excluding hydrogens is 402 g/mol. The number of hydrogen-bond acceptors (Lipinski definition) is 3. The first-order valence-corrected chi connectivity index (χ1v) is 8.12. The summed E-state index contributed by atoms with van der Waals surface area (Å²) in [7, 11) is 0. The summed E-state index contributed by atoms with van der Waals surface area (Å²) in [5.41, 5.74) is -1.35. The monoisotopic (exact) mass is 415 g/mol. The SMILES string of the molecule is C[C@H](NC(=O)c1cc(Cl)cc(C(F)(F)F)c1)/C(=N/C=N)Nc1ccc(F)cn1. The van der Waals surface area contributed by atoms with Crippen LogP contribution in [0, 0.1) is 11.2 Å². The molecule has 2 aromatic rings. The molecule has 6 nitrogen and oxygen atoms in total. The van der Waals surface area contributed by atoms with Crippen molar-refractivity contribution < 1.29 is 22.4 Å². The third kappa shape index (κ3) is 5.74. The van der Waals surface area contributed by atoms with Gasteiger partial charge in [-0.25, -0.2) is 14.4 Å². The van der Waals surface area contributed by atoms with E-state index < -0.39 is 29.5 Å². The third-order valence-electron chi connectivity index (χ3n) is 3.43. The summed E-state index contributed by atoms with van der Waals surface area (Å²) in [6.45, 7) is 1.49. The van der Waals surface area contributed by atoms with Gasteiger partial charge in [-0.15, -0.1) is 0 Å². The van der Waals surface area contributed by atoms with E-state index >= 15 is 0 Å². The molecule has 0 aliphatic heterocycles. The van der Waals surface area contributed by atoms with Crippen LogP contribution >= 0.6 is 11.6 Å². The van der Waals surface area contributed by atoms with Crippen molar-refractivity contribution in [3.05, 3.63) is 58.5 Å². The number of nitrogens with one attached hydrogen (secondary N) is 3. The largest absolute Gasteiger partial charge is 0.416 e. The van der Waals surface area contributed by atoms with E-state index in [4.69, 9.17) is 17.0 Å². The number of alkyl halides is 3. The molecule has 28 heavy (non-hydrogen) atoms. The number of pyridine rings is 1. The topological polar surface area (TPSA) is 90.2 Å². The minimum absolute atomic E-state index is 0.0699. The number of nitrogens with zero attached hydrogens (tertiary/aromatic N) is 2. The smallest absolute Gasteiger partial charge is 0.342 e. The zero-order valence-electron chi connectivity index (χ0n) is 14.3. The van der Waals surface area contributed by atoms with Crippen LogP contribution in [0.2, 0.25) is 5.02 Å². The standard InChI is InChI=1S/C17H14ClF4N5O/c1-9(15(25-8-23)27-14-3-2-13(19)7-24-14)26-16(28)10-4-11(17(20,21)22)6-12(18)5-10/h2-9H,1H3,(H,26,28)(H2,23,24,25,27)/t9-/m0/s1. The summed E-state index contributed by atoms with van der Waals surface area (Å²) < 4.78 is 51.6. The Morgan fingerprint density at radius 3 is 2.61 bits per heavy atom. The van der Waals surface area contributed by atoms with Crippen molar-refractivity contribution in [3.63, 3.8) is 0 Å². The van der Waals surface area contributed by atoms with E-state index in [0.717, 1.165) is 18.3 Å². The van der Waals surface area contributed by atoms with Crippen LogP contribution in [0.3, 0.4) is 0 Å². The highest BCUT2D eigenvalue weighted by molar-refractivity contribution is 6.31. The minimum Gasteiger partial charge on any atom is -0.342 e. The molecule has 3 N–H and O–H groups in total. The summed E-state index contributed by atoms with van der Waals surface area (Å²) in [5.74, 6) is -1.11. The Kier molecular flexibility index (Phi) is 6.68. The summed E-state index contributed by atoms with van der Waals surface area (Å²) >= 11 is 5.68. The van der Waals surface area contributed by atoms with Gasteiger partial charge in [0.1, 0.15) is 23.8 Å². The Morgan fingerprint density at radius 1 is 1.32 bits per heavy atom. The van der Waals surface area contributed by atoms with Crippen LogP contribution in [0.4, 0.5) is 23.4 Å². The van der Waals surface area contributed by atoms with Crippen LogP contribution < -0.4 is 10.6 Å². The first-order chi connectivity index (χ1) is 13.1. The Labute approximate surface area is 162 Å². The third-order valence-corrected chi connectivity index (χ3v) is 3.65. The first kappa shape index (κ1) is 21.3. The second kappa shape index (κ2) is 8.79. The van der Waals surface area contributed by atoms with Gasteiger partial charge in [-0.2, -0.15) is 13.2 Å². The molecule has 0 bridgehead atoms. The number of aromatic nitrogens is 1. The van der Waals surface area contributed by atoms with Crippen LogP contribution in [-0.2, 0) is 6.18 Å². The van der Waals surface area contributed by atoms with E-state index in [1.807, 2.05) is 0 Å². The van der Waals surface area contributed by atoms with Gasteiger partial charge in [0.05, 0.1) is 17.8 Å². The van der Waals surface area contributed by atoms with Crippen molar-refractivity contribution in [3.8, 4) is 0 Å². The summed E-state index contributed by atoms with van der Waals surface area (Å²) in [4.78, 5) is 19.9. The molecule has 1 aromatic heterocycles. The lowest BCUT2D eigenvalue weighted by molar-refractivity contribution is -0.137. The van der Waals surface area contributed by atoms with E-state index in [0.29, 0.717) is 18.5 Å². The van der Waals surface area contributed by atoms with Gasteiger partial charge in [0.2, 0.25) is 0 Å². The predicted molar refractivity (Wildman–Crippen MR) is 97.4 cm³/mol. The number of amidine groups is 1. The molecule has 1 heterocycles. The quantitative estimate of drug-likeness (QED) is 0.389. The van der Waals surface area contributed by atoms with Crippen molar-refractivity contribution >= 4 is 35.5 Å². The molecule has 0 saturated carbocycles. The predicted octanol–water partition coefficient (Wildman–Crippen LogP) is 4.13. The molecule has 11 heteroatoms. The van der Waals surface area contributed by atoms with Gasteiger partial charge >= 0.3 is 6.18 Å². The van der Waals surface area contributed by atoms with Crippen molar-refractivity contribution in [1.82, 2.24) is 10.3 Å². The van der Waals surface area contributed by atoms with Gasteiger partial charge < -0.3 is 10.6 Å². The summed E-state index contributed by atoms with van der Waals surface area (Å²) in [6, 6.07) is 4.11. The molecule has 0 spiro atoms. The Bertz CT molecular complexity index is 899. The fraction of sp³-hybridized carbons (Fsp3) is 0.176. The minimum atomic E-state index is -4.66.